The molecule has 2 N–H and O–H groups in total. The van der Waals surface area contributed by atoms with E-state index in [9.17, 15) is 13.2 Å². The Kier molecular flexibility index (Phi) is 3.71. The predicted molar refractivity (Wildman–Crippen MR) is 64.2 cm³/mol. The molecule has 6 heteroatoms. The van der Waals surface area contributed by atoms with Gasteiger partial charge < -0.3 is 10.5 Å². The number of ether oxygens (including phenoxy) is 1. The molecule has 1 heterocycles. The highest BCUT2D eigenvalue weighted by atomic mass is 19.4. The first kappa shape index (κ1) is 13.4. The number of nitrogens with two attached hydrogens (primary N) is 1. The van der Waals surface area contributed by atoms with Gasteiger partial charge in [0.25, 0.3) is 0 Å². The minimum Gasteiger partial charge on any atom is -0.405 e. The van der Waals surface area contributed by atoms with Crippen LogP contribution in [0.15, 0.2) is 42.6 Å². The summed E-state index contributed by atoms with van der Waals surface area (Å²) in [5, 5.41) is 0. The van der Waals surface area contributed by atoms with Gasteiger partial charge in [0.2, 0.25) is 0 Å². The van der Waals surface area contributed by atoms with E-state index in [0.717, 1.165) is 5.56 Å². The van der Waals surface area contributed by atoms with E-state index in [2.05, 4.69) is 9.72 Å². The van der Waals surface area contributed by atoms with Gasteiger partial charge in [-0.1, -0.05) is 12.1 Å². The van der Waals surface area contributed by atoms with E-state index in [1.165, 1.54) is 24.4 Å². The predicted octanol–water partition coefficient (Wildman–Crippen LogP) is 3.11. The fourth-order valence-electron chi connectivity index (χ4n) is 1.64. The summed E-state index contributed by atoms with van der Waals surface area (Å²) >= 11 is 0. The third kappa shape index (κ3) is 3.45. The summed E-state index contributed by atoms with van der Waals surface area (Å²) in [7, 11) is 0. The number of para-hydroxylation sites is 1. The average molecular weight is 268 g/mol. The second kappa shape index (κ2) is 5.27. The molecule has 0 aliphatic heterocycles. The molecule has 0 unspecified atom stereocenters. The van der Waals surface area contributed by atoms with Crippen LogP contribution in [0.4, 0.5) is 13.2 Å². The first-order valence-electron chi connectivity index (χ1n) is 5.50. The SMILES string of the molecule is NCc1ccnc(-c2ccccc2OC(F)(F)F)c1. The first-order valence-corrected chi connectivity index (χ1v) is 5.50. The van der Waals surface area contributed by atoms with Crippen molar-refractivity contribution in [2.45, 2.75) is 12.9 Å². The van der Waals surface area contributed by atoms with Gasteiger partial charge in [-0.15, -0.1) is 13.2 Å². The number of alkyl halides is 3. The lowest BCUT2D eigenvalue weighted by Crippen LogP contribution is -2.17. The Labute approximate surface area is 107 Å². The second-order valence-electron chi connectivity index (χ2n) is 3.80. The van der Waals surface area contributed by atoms with Crippen LogP contribution in [0.5, 0.6) is 5.75 Å². The monoisotopic (exact) mass is 268 g/mol. The van der Waals surface area contributed by atoms with Gasteiger partial charge in [-0.2, -0.15) is 0 Å². The third-order valence-corrected chi connectivity index (χ3v) is 2.45. The van der Waals surface area contributed by atoms with E-state index in [1.807, 2.05) is 0 Å². The summed E-state index contributed by atoms with van der Waals surface area (Å²) in [6.07, 6.45) is -3.23. The standard InChI is InChI=1S/C13H11F3N2O/c14-13(15,16)19-12-4-2-1-3-10(12)11-7-9(8-17)5-6-18-11/h1-7H,8,17H2. The Morgan fingerprint density at radius 1 is 1.16 bits per heavy atom. The number of pyridine rings is 1. The van der Waals surface area contributed by atoms with Crippen molar-refractivity contribution in [3.05, 3.63) is 48.2 Å². The lowest BCUT2D eigenvalue weighted by atomic mass is 10.1. The van der Waals surface area contributed by atoms with Crippen LogP contribution < -0.4 is 10.5 Å². The van der Waals surface area contributed by atoms with Crippen molar-refractivity contribution in [1.82, 2.24) is 4.98 Å². The van der Waals surface area contributed by atoms with Crippen LogP contribution >= 0.6 is 0 Å². The molecule has 19 heavy (non-hydrogen) atoms. The van der Waals surface area contributed by atoms with Crippen LogP contribution in [0.2, 0.25) is 0 Å². The lowest BCUT2D eigenvalue weighted by Gasteiger charge is -2.13. The molecule has 0 fully saturated rings. The summed E-state index contributed by atoms with van der Waals surface area (Å²) in [6, 6.07) is 9.20. The van der Waals surface area contributed by atoms with E-state index in [4.69, 9.17) is 5.73 Å². The van der Waals surface area contributed by atoms with Gasteiger partial charge in [0.1, 0.15) is 5.75 Å². The van der Waals surface area contributed by atoms with E-state index in [-0.39, 0.29) is 17.9 Å². The van der Waals surface area contributed by atoms with Crippen molar-refractivity contribution in [3.63, 3.8) is 0 Å². The smallest absolute Gasteiger partial charge is 0.405 e. The number of hydrogen-bond acceptors (Lipinski definition) is 3. The number of hydrogen-bond donors (Lipinski definition) is 1. The molecule has 0 bridgehead atoms. The van der Waals surface area contributed by atoms with Gasteiger partial charge in [-0.25, -0.2) is 0 Å². The molecule has 0 amide bonds. The Hall–Kier alpha value is -2.08. The van der Waals surface area contributed by atoms with E-state index in [0.29, 0.717) is 5.69 Å². The van der Waals surface area contributed by atoms with Crippen molar-refractivity contribution in [2.75, 3.05) is 0 Å². The second-order valence-corrected chi connectivity index (χ2v) is 3.80. The van der Waals surface area contributed by atoms with Gasteiger partial charge in [0, 0.05) is 18.3 Å². The van der Waals surface area contributed by atoms with Crippen molar-refractivity contribution in [2.24, 2.45) is 5.73 Å². The molecule has 0 aliphatic rings. The Morgan fingerprint density at radius 2 is 1.89 bits per heavy atom. The zero-order valence-electron chi connectivity index (χ0n) is 9.82. The van der Waals surface area contributed by atoms with E-state index in [1.54, 1.807) is 18.2 Å². The molecular formula is C13H11F3N2O. The number of benzene rings is 1. The van der Waals surface area contributed by atoms with E-state index < -0.39 is 6.36 Å². The van der Waals surface area contributed by atoms with Crippen LogP contribution in [0, 0.1) is 0 Å². The number of nitrogens with zero attached hydrogens (tertiary/aromatic N) is 1. The summed E-state index contributed by atoms with van der Waals surface area (Å²) in [6.45, 7) is 0.289. The van der Waals surface area contributed by atoms with E-state index >= 15 is 0 Å². The molecule has 0 saturated carbocycles. The molecule has 0 saturated heterocycles. The molecule has 1 aromatic heterocycles. The van der Waals surface area contributed by atoms with Crippen LogP contribution in [-0.4, -0.2) is 11.3 Å². The summed E-state index contributed by atoms with van der Waals surface area (Å²) in [5.74, 6) is -0.281. The highest BCUT2D eigenvalue weighted by Gasteiger charge is 2.32. The molecule has 0 atom stereocenters. The van der Waals surface area contributed by atoms with Gasteiger partial charge in [-0.3, -0.25) is 4.98 Å². The van der Waals surface area contributed by atoms with Crippen molar-refractivity contribution >= 4 is 0 Å². The summed E-state index contributed by atoms with van der Waals surface area (Å²) in [4.78, 5) is 4.05. The van der Waals surface area contributed by atoms with Gasteiger partial charge in [0.05, 0.1) is 5.69 Å². The normalized spacial score (nSPS) is 11.4. The largest absolute Gasteiger partial charge is 0.573 e. The molecule has 2 aromatic rings. The molecule has 0 radical (unpaired) electrons. The van der Waals surface area contributed by atoms with Gasteiger partial charge in [-0.05, 0) is 29.8 Å². The maximum atomic E-state index is 12.3. The third-order valence-electron chi connectivity index (χ3n) is 2.45. The molecule has 0 spiro atoms. The maximum absolute atomic E-state index is 12.3. The topological polar surface area (TPSA) is 48.1 Å². The Bertz CT molecular complexity index is 570. The van der Waals surface area contributed by atoms with Crippen molar-refractivity contribution in [3.8, 4) is 17.0 Å². The number of rotatable bonds is 3. The van der Waals surface area contributed by atoms with Gasteiger partial charge in [0.15, 0.2) is 0 Å². The van der Waals surface area contributed by atoms with Crippen LogP contribution in [0.1, 0.15) is 5.56 Å². The van der Waals surface area contributed by atoms with Crippen molar-refractivity contribution < 1.29 is 17.9 Å². The van der Waals surface area contributed by atoms with Crippen LogP contribution in [0.3, 0.4) is 0 Å². The highest BCUT2D eigenvalue weighted by molar-refractivity contribution is 5.67. The fraction of sp³-hybridized carbons (Fsp3) is 0.154. The Balaban J connectivity index is 2.44. The zero-order valence-corrected chi connectivity index (χ0v) is 9.82. The molecular weight excluding hydrogens is 257 g/mol. The fourth-order valence-corrected chi connectivity index (χ4v) is 1.64. The molecule has 1 aromatic carbocycles. The first-order chi connectivity index (χ1) is 8.99. The molecule has 100 valence electrons. The van der Waals surface area contributed by atoms with Crippen LogP contribution in [-0.2, 0) is 6.54 Å². The lowest BCUT2D eigenvalue weighted by molar-refractivity contribution is -0.274. The molecule has 0 aliphatic carbocycles. The quantitative estimate of drug-likeness (QED) is 0.930. The molecule has 3 nitrogen and oxygen atoms in total. The maximum Gasteiger partial charge on any atom is 0.573 e. The zero-order chi connectivity index (χ0) is 13.9. The summed E-state index contributed by atoms with van der Waals surface area (Å²) in [5.41, 5.74) is 6.95. The average Bonchev–Trinajstić information content (AvgIpc) is 2.37. The minimum absolute atomic E-state index is 0.273. The van der Waals surface area contributed by atoms with Crippen LogP contribution in [0.25, 0.3) is 11.3 Å². The number of halogens is 3. The molecule has 2 rings (SSSR count). The van der Waals surface area contributed by atoms with Crippen molar-refractivity contribution in [1.29, 1.82) is 0 Å². The summed E-state index contributed by atoms with van der Waals surface area (Å²) < 4.78 is 40.9. The highest BCUT2D eigenvalue weighted by Crippen LogP contribution is 2.32. The Morgan fingerprint density at radius 3 is 2.58 bits per heavy atom. The number of aromatic nitrogens is 1. The minimum atomic E-state index is -4.73. The van der Waals surface area contributed by atoms with Gasteiger partial charge >= 0.3 is 6.36 Å².